The minimum atomic E-state index is -0.292. The van der Waals surface area contributed by atoms with Crippen molar-refractivity contribution in [3.05, 3.63) is 28.1 Å². The van der Waals surface area contributed by atoms with Crippen LogP contribution in [-0.4, -0.2) is 16.0 Å². The average molecular weight is 277 g/mol. The summed E-state index contributed by atoms with van der Waals surface area (Å²) in [6.45, 7) is 4.03. The largest absolute Gasteiger partial charge is 0.351 e. The Morgan fingerprint density at radius 3 is 3.16 bits per heavy atom. The van der Waals surface area contributed by atoms with Crippen LogP contribution in [0.2, 0.25) is 0 Å². The Morgan fingerprint density at radius 1 is 1.58 bits per heavy atom. The molecular weight excluding hydrogens is 262 g/mol. The zero-order valence-corrected chi connectivity index (χ0v) is 11.7. The van der Waals surface area contributed by atoms with E-state index in [1.54, 1.807) is 24.3 Å². The highest BCUT2D eigenvalue weighted by atomic mass is 32.1. The predicted octanol–water partition coefficient (Wildman–Crippen LogP) is 2.82. The minimum Gasteiger partial charge on any atom is -0.351 e. The highest BCUT2D eigenvalue weighted by Crippen LogP contribution is 2.32. The molecule has 1 unspecified atom stereocenters. The molecule has 6 heteroatoms. The molecule has 1 atom stereocenters. The van der Waals surface area contributed by atoms with Gasteiger partial charge in [0.1, 0.15) is 0 Å². The van der Waals surface area contributed by atoms with Crippen molar-refractivity contribution in [2.45, 2.75) is 33.1 Å². The number of nitrogens with zero attached hydrogens (tertiary/aromatic N) is 2. The van der Waals surface area contributed by atoms with Gasteiger partial charge in [0.05, 0.1) is 11.4 Å². The van der Waals surface area contributed by atoms with Crippen molar-refractivity contribution in [2.24, 2.45) is 5.92 Å². The lowest BCUT2D eigenvalue weighted by Gasteiger charge is -2.15. The van der Waals surface area contributed by atoms with E-state index in [-0.39, 0.29) is 11.7 Å². The second-order valence-corrected chi connectivity index (χ2v) is 6.11. The summed E-state index contributed by atoms with van der Waals surface area (Å²) < 4.78 is 4.93. The SMILES string of the molecule is Cc1cc(C(=O)Nc2nc3c(s2)CC(C)CC3)on1. The zero-order chi connectivity index (χ0) is 13.4. The minimum absolute atomic E-state index is 0.221. The average Bonchev–Trinajstić information content (AvgIpc) is 2.94. The van der Waals surface area contributed by atoms with E-state index in [2.05, 4.69) is 22.4 Å². The Hall–Kier alpha value is -1.69. The van der Waals surface area contributed by atoms with Gasteiger partial charge in [-0.1, -0.05) is 12.1 Å². The van der Waals surface area contributed by atoms with Gasteiger partial charge in [0.25, 0.3) is 5.91 Å². The van der Waals surface area contributed by atoms with Crippen molar-refractivity contribution < 1.29 is 9.32 Å². The summed E-state index contributed by atoms with van der Waals surface area (Å²) in [5, 5.41) is 7.13. The Bertz CT molecular complexity index is 617. The van der Waals surface area contributed by atoms with E-state index in [0.717, 1.165) is 18.5 Å². The molecule has 2 heterocycles. The Labute approximate surface area is 115 Å². The number of carbonyl (C=O) groups is 1. The molecule has 0 bridgehead atoms. The van der Waals surface area contributed by atoms with E-state index < -0.39 is 0 Å². The van der Waals surface area contributed by atoms with Crippen LogP contribution >= 0.6 is 11.3 Å². The van der Waals surface area contributed by atoms with Gasteiger partial charge < -0.3 is 4.52 Å². The van der Waals surface area contributed by atoms with Crippen LogP contribution in [0.5, 0.6) is 0 Å². The van der Waals surface area contributed by atoms with E-state index in [1.165, 1.54) is 11.3 Å². The first-order chi connectivity index (χ1) is 9.11. The molecule has 1 amide bonds. The summed E-state index contributed by atoms with van der Waals surface area (Å²) >= 11 is 1.56. The number of rotatable bonds is 2. The van der Waals surface area contributed by atoms with Gasteiger partial charge in [-0.15, -0.1) is 11.3 Å². The van der Waals surface area contributed by atoms with Gasteiger partial charge >= 0.3 is 0 Å². The Balaban J connectivity index is 1.75. The van der Waals surface area contributed by atoms with Crippen molar-refractivity contribution in [1.29, 1.82) is 0 Å². The Kier molecular flexibility index (Phi) is 3.10. The molecule has 2 aromatic heterocycles. The monoisotopic (exact) mass is 277 g/mol. The number of nitrogens with one attached hydrogen (secondary N) is 1. The van der Waals surface area contributed by atoms with Crippen molar-refractivity contribution >= 4 is 22.4 Å². The van der Waals surface area contributed by atoms with Crippen LogP contribution in [0.4, 0.5) is 5.13 Å². The van der Waals surface area contributed by atoms with E-state index in [1.807, 2.05) is 0 Å². The molecule has 1 N–H and O–H groups in total. The molecule has 0 radical (unpaired) electrons. The topological polar surface area (TPSA) is 68.0 Å². The number of carbonyl (C=O) groups excluding carboxylic acids is 1. The van der Waals surface area contributed by atoms with Crippen LogP contribution in [0.15, 0.2) is 10.6 Å². The zero-order valence-electron chi connectivity index (χ0n) is 10.9. The summed E-state index contributed by atoms with van der Waals surface area (Å²) in [6.07, 6.45) is 3.24. The molecule has 1 aliphatic rings. The van der Waals surface area contributed by atoms with E-state index in [4.69, 9.17) is 4.52 Å². The quantitative estimate of drug-likeness (QED) is 0.916. The number of aromatic nitrogens is 2. The number of aryl methyl sites for hydroxylation is 2. The summed E-state index contributed by atoms with van der Waals surface area (Å²) in [5.74, 6) is 0.632. The lowest BCUT2D eigenvalue weighted by molar-refractivity contribution is 0.0988. The first-order valence-electron chi connectivity index (χ1n) is 6.35. The number of thiazole rings is 1. The van der Waals surface area contributed by atoms with Crippen LogP contribution < -0.4 is 5.32 Å². The maximum Gasteiger partial charge on any atom is 0.296 e. The fourth-order valence-electron chi connectivity index (χ4n) is 2.22. The van der Waals surface area contributed by atoms with Gasteiger partial charge in [-0.2, -0.15) is 0 Å². The number of fused-ring (bicyclic) bond motifs is 1. The number of anilines is 1. The van der Waals surface area contributed by atoms with Gasteiger partial charge in [0.2, 0.25) is 5.76 Å². The predicted molar refractivity (Wildman–Crippen MR) is 72.5 cm³/mol. The molecule has 0 spiro atoms. The molecule has 2 aromatic rings. The fourth-order valence-corrected chi connectivity index (χ4v) is 3.39. The maximum absolute atomic E-state index is 11.9. The molecule has 100 valence electrons. The van der Waals surface area contributed by atoms with Crippen molar-refractivity contribution in [3.8, 4) is 0 Å². The van der Waals surface area contributed by atoms with Crippen LogP contribution in [0.3, 0.4) is 0 Å². The van der Waals surface area contributed by atoms with Gasteiger partial charge in [0.15, 0.2) is 5.13 Å². The highest BCUT2D eigenvalue weighted by molar-refractivity contribution is 7.15. The Morgan fingerprint density at radius 2 is 2.42 bits per heavy atom. The second-order valence-electron chi connectivity index (χ2n) is 5.02. The molecule has 5 nitrogen and oxygen atoms in total. The smallest absolute Gasteiger partial charge is 0.296 e. The third-order valence-corrected chi connectivity index (χ3v) is 4.29. The second kappa shape index (κ2) is 4.77. The lowest BCUT2D eigenvalue weighted by atomic mass is 9.93. The van der Waals surface area contributed by atoms with E-state index in [0.29, 0.717) is 16.7 Å². The summed E-state index contributed by atoms with van der Waals surface area (Å²) in [6, 6.07) is 1.62. The standard InChI is InChI=1S/C13H15N3O2S/c1-7-3-4-9-11(5-7)19-13(14-9)15-12(17)10-6-8(2)16-18-10/h6-7H,3-5H2,1-2H3,(H,14,15,17). The van der Waals surface area contributed by atoms with Gasteiger partial charge in [-0.25, -0.2) is 4.98 Å². The van der Waals surface area contributed by atoms with E-state index in [9.17, 15) is 4.79 Å². The summed E-state index contributed by atoms with van der Waals surface area (Å²) in [4.78, 5) is 17.7. The van der Waals surface area contributed by atoms with Crippen LogP contribution in [0, 0.1) is 12.8 Å². The highest BCUT2D eigenvalue weighted by Gasteiger charge is 2.21. The molecular formula is C13H15N3O2S. The van der Waals surface area contributed by atoms with Crippen molar-refractivity contribution in [3.63, 3.8) is 0 Å². The molecule has 0 saturated heterocycles. The number of hydrogen-bond acceptors (Lipinski definition) is 5. The van der Waals surface area contributed by atoms with Crippen LogP contribution in [0.25, 0.3) is 0 Å². The van der Waals surface area contributed by atoms with Gasteiger partial charge in [-0.05, 0) is 32.1 Å². The lowest BCUT2D eigenvalue weighted by Crippen LogP contribution is -2.11. The van der Waals surface area contributed by atoms with Crippen LogP contribution in [0.1, 0.15) is 40.2 Å². The van der Waals surface area contributed by atoms with Gasteiger partial charge in [-0.3, -0.25) is 10.1 Å². The number of hydrogen-bond donors (Lipinski definition) is 1. The molecule has 0 aliphatic heterocycles. The van der Waals surface area contributed by atoms with Crippen molar-refractivity contribution in [2.75, 3.05) is 5.32 Å². The third-order valence-electron chi connectivity index (χ3n) is 3.26. The molecule has 3 rings (SSSR count). The first-order valence-corrected chi connectivity index (χ1v) is 7.16. The maximum atomic E-state index is 11.9. The molecule has 0 saturated carbocycles. The normalized spacial score (nSPS) is 18.1. The number of amides is 1. The third kappa shape index (κ3) is 2.53. The summed E-state index contributed by atoms with van der Waals surface area (Å²) in [5.41, 5.74) is 1.82. The van der Waals surface area contributed by atoms with E-state index >= 15 is 0 Å². The first kappa shape index (κ1) is 12.3. The van der Waals surface area contributed by atoms with Gasteiger partial charge in [0, 0.05) is 10.9 Å². The molecule has 0 fully saturated rings. The molecule has 0 aromatic carbocycles. The van der Waals surface area contributed by atoms with Crippen molar-refractivity contribution in [1.82, 2.24) is 10.1 Å². The molecule has 19 heavy (non-hydrogen) atoms. The van der Waals surface area contributed by atoms with Crippen LogP contribution in [-0.2, 0) is 12.8 Å². The summed E-state index contributed by atoms with van der Waals surface area (Å²) in [7, 11) is 0. The fraction of sp³-hybridized carbons (Fsp3) is 0.462. The molecule has 1 aliphatic carbocycles.